The summed E-state index contributed by atoms with van der Waals surface area (Å²) in [6, 6.07) is 0. The Hall–Kier alpha value is 1.24. The minimum absolute atomic E-state index is 0.529. The quantitative estimate of drug-likeness (QED) is 0.667. The van der Waals surface area contributed by atoms with Gasteiger partial charge >= 0.3 is 0 Å². The van der Waals surface area contributed by atoms with Crippen molar-refractivity contribution in [2.24, 2.45) is 0 Å². The average molecular weight is 258 g/mol. The maximum Gasteiger partial charge on any atom is 0.295 e. The van der Waals surface area contributed by atoms with Gasteiger partial charge in [0.15, 0.2) is 0 Å². The van der Waals surface area contributed by atoms with Crippen molar-refractivity contribution < 1.29 is 0 Å². The predicted molar refractivity (Wildman–Crippen MR) is 51.8 cm³/mol. The Labute approximate surface area is 69.5 Å². The Balaban J connectivity index is 3.39. The zero-order valence-electron chi connectivity index (χ0n) is 5.54. The van der Waals surface area contributed by atoms with E-state index in [-0.39, 0.29) is 0 Å². The van der Waals surface area contributed by atoms with Crippen molar-refractivity contribution >= 4 is 43.9 Å². The van der Waals surface area contributed by atoms with E-state index in [1.54, 1.807) is 0 Å². The molecule has 4 heteroatoms. The van der Waals surface area contributed by atoms with Gasteiger partial charge in [-0.05, 0) is 0 Å². The van der Waals surface area contributed by atoms with Gasteiger partial charge in [-0.3, -0.25) is 0 Å². The highest BCUT2D eigenvalue weighted by atomic mass is 79.9. The Morgan fingerprint density at radius 1 is 1.25 bits per heavy atom. The summed E-state index contributed by atoms with van der Waals surface area (Å²) in [5, 5.41) is 0. The lowest BCUT2D eigenvalue weighted by atomic mass is 10.2. The molecular formula is C4H11BBr2Si. The lowest BCUT2D eigenvalue weighted by molar-refractivity contribution is 1.64. The van der Waals surface area contributed by atoms with Crippen molar-refractivity contribution in [1.29, 1.82) is 0 Å². The molecule has 0 aromatic carbocycles. The average Bonchev–Trinajstić information content (AvgIpc) is 1.21. The van der Waals surface area contributed by atoms with Gasteiger partial charge in [0, 0.05) is 8.07 Å². The van der Waals surface area contributed by atoms with E-state index in [0.717, 1.165) is 0 Å². The molecule has 0 nitrogen and oxygen atoms in total. The van der Waals surface area contributed by atoms with Crippen LogP contribution in [0.3, 0.4) is 0 Å². The molecule has 0 saturated carbocycles. The van der Waals surface area contributed by atoms with E-state index in [1.165, 1.54) is 5.94 Å². The summed E-state index contributed by atoms with van der Waals surface area (Å²) in [6.07, 6.45) is 0. The Morgan fingerprint density at radius 3 is 1.62 bits per heavy atom. The van der Waals surface area contributed by atoms with Gasteiger partial charge in [-0.1, -0.05) is 25.6 Å². The molecule has 0 spiro atoms. The molecule has 48 valence electrons. The molecule has 0 aliphatic carbocycles. The van der Waals surface area contributed by atoms with E-state index in [0.29, 0.717) is 4.36 Å². The summed E-state index contributed by atoms with van der Waals surface area (Å²) in [5.41, 5.74) is 0. The van der Waals surface area contributed by atoms with Crippen molar-refractivity contribution in [2.75, 3.05) is 0 Å². The van der Waals surface area contributed by atoms with Crippen LogP contribution in [0.5, 0.6) is 0 Å². The Kier molecular flexibility index (Phi) is 3.95. The van der Waals surface area contributed by atoms with Gasteiger partial charge in [-0.15, -0.1) is 31.5 Å². The zero-order chi connectivity index (χ0) is 6.78. The first-order valence-electron chi connectivity index (χ1n) is 2.70. The normalized spacial score (nSPS) is 11.6. The summed E-state index contributed by atoms with van der Waals surface area (Å²) in [6.45, 7) is 7.09. The molecule has 0 radical (unpaired) electrons. The molecule has 0 rings (SSSR count). The smallest absolute Gasteiger partial charge is 0.140 e. The predicted octanol–water partition coefficient (Wildman–Crippen LogP) is 3.14. The van der Waals surface area contributed by atoms with Crippen LogP contribution in [-0.4, -0.2) is 12.4 Å². The van der Waals surface area contributed by atoms with Gasteiger partial charge in [-0.2, -0.15) is 0 Å². The molecule has 0 aliphatic heterocycles. The molecule has 0 unspecified atom stereocenters. The third kappa shape index (κ3) is 7.24. The molecule has 0 amide bonds. The van der Waals surface area contributed by atoms with E-state index in [4.69, 9.17) is 0 Å². The van der Waals surface area contributed by atoms with Gasteiger partial charge < -0.3 is 0 Å². The van der Waals surface area contributed by atoms with Gasteiger partial charge in [0.2, 0.25) is 0 Å². The Morgan fingerprint density at radius 2 is 1.62 bits per heavy atom. The number of rotatable bonds is 2. The van der Waals surface area contributed by atoms with E-state index in [9.17, 15) is 0 Å². The fraction of sp³-hybridized carbons (Fsp3) is 1.00. The molecular weight excluding hydrogens is 247 g/mol. The minimum atomic E-state index is -0.814. The van der Waals surface area contributed by atoms with Crippen molar-refractivity contribution in [2.45, 2.75) is 25.6 Å². The largest absolute Gasteiger partial charge is 0.295 e. The van der Waals surface area contributed by atoms with Gasteiger partial charge in [0.05, 0.1) is 0 Å². The summed E-state index contributed by atoms with van der Waals surface area (Å²) < 4.78 is 0.529. The monoisotopic (exact) mass is 256 g/mol. The maximum absolute atomic E-state index is 3.46. The molecule has 0 saturated heterocycles. The summed E-state index contributed by atoms with van der Waals surface area (Å²) in [7, 11) is -0.814. The first-order valence-corrected chi connectivity index (χ1v) is 8.24. The summed E-state index contributed by atoms with van der Waals surface area (Å²) in [4.78, 5) is 0. The number of halogens is 2. The fourth-order valence-corrected chi connectivity index (χ4v) is 7.22. The van der Waals surface area contributed by atoms with Gasteiger partial charge in [0.1, 0.15) is 0 Å². The molecule has 0 bridgehead atoms. The second-order valence-electron chi connectivity index (χ2n) is 3.16. The molecule has 0 aromatic rings. The van der Waals surface area contributed by atoms with Crippen molar-refractivity contribution in [3.63, 3.8) is 0 Å². The number of hydrogen-bond acceptors (Lipinski definition) is 0. The van der Waals surface area contributed by atoms with Crippen LogP contribution in [-0.2, 0) is 0 Å². The Bertz CT molecular complexity index is 68.9. The molecule has 8 heavy (non-hydrogen) atoms. The first kappa shape index (κ1) is 9.24. The van der Waals surface area contributed by atoms with E-state index < -0.39 is 8.07 Å². The van der Waals surface area contributed by atoms with Crippen LogP contribution in [0.25, 0.3) is 0 Å². The standard InChI is InChI=1S/C4H11BBr2Si/c1-8(2,3)4-5(6)7/h4H2,1-3H3. The second-order valence-corrected chi connectivity index (χ2v) is 12.1. The summed E-state index contributed by atoms with van der Waals surface area (Å²) in [5.74, 6) is 1.30. The SMILES string of the molecule is C[Si](C)(C)CB(Br)Br. The lowest BCUT2D eigenvalue weighted by Crippen LogP contribution is -2.23. The topological polar surface area (TPSA) is 0 Å². The van der Waals surface area contributed by atoms with Crippen molar-refractivity contribution in [3.8, 4) is 0 Å². The molecule has 0 fully saturated rings. The van der Waals surface area contributed by atoms with Crippen molar-refractivity contribution in [3.05, 3.63) is 0 Å². The van der Waals surface area contributed by atoms with Crippen LogP contribution < -0.4 is 0 Å². The van der Waals surface area contributed by atoms with E-state index in [2.05, 4.69) is 51.2 Å². The maximum atomic E-state index is 3.46. The highest BCUT2D eigenvalue weighted by Gasteiger charge is 2.18. The van der Waals surface area contributed by atoms with Gasteiger partial charge in [0.25, 0.3) is 4.36 Å². The highest BCUT2D eigenvalue weighted by Crippen LogP contribution is 2.17. The minimum Gasteiger partial charge on any atom is -0.140 e. The van der Waals surface area contributed by atoms with Crippen LogP contribution in [0.2, 0.25) is 25.6 Å². The number of hydrogen-bond donors (Lipinski definition) is 0. The van der Waals surface area contributed by atoms with E-state index >= 15 is 0 Å². The molecule has 0 atom stereocenters. The zero-order valence-corrected chi connectivity index (χ0v) is 9.71. The highest BCUT2D eigenvalue weighted by molar-refractivity contribution is 9.49. The van der Waals surface area contributed by atoms with Crippen LogP contribution >= 0.6 is 31.5 Å². The van der Waals surface area contributed by atoms with E-state index in [1.807, 2.05) is 0 Å². The van der Waals surface area contributed by atoms with Crippen LogP contribution in [0.15, 0.2) is 0 Å². The molecule has 0 N–H and O–H groups in total. The third-order valence-electron chi connectivity index (χ3n) is 0.767. The molecule has 0 heterocycles. The van der Waals surface area contributed by atoms with Crippen LogP contribution in [0.4, 0.5) is 0 Å². The second kappa shape index (κ2) is 3.42. The van der Waals surface area contributed by atoms with Crippen LogP contribution in [0, 0.1) is 0 Å². The van der Waals surface area contributed by atoms with Crippen LogP contribution in [0.1, 0.15) is 0 Å². The molecule has 0 aliphatic rings. The first-order chi connectivity index (χ1) is 3.42. The summed E-state index contributed by atoms with van der Waals surface area (Å²) >= 11 is 6.92. The molecule has 0 aromatic heterocycles. The third-order valence-corrected chi connectivity index (χ3v) is 4.24. The lowest BCUT2D eigenvalue weighted by Gasteiger charge is -2.14. The van der Waals surface area contributed by atoms with Gasteiger partial charge in [-0.25, -0.2) is 0 Å². The van der Waals surface area contributed by atoms with Crippen molar-refractivity contribution in [1.82, 2.24) is 0 Å². The fourth-order valence-electron chi connectivity index (χ4n) is 0.463.